The number of nitrogens with one attached hydrogen (secondary N) is 1. The number of rotatable bonds is 5. The molecule has 9 heteroatoms. The molecule has 1 amide bonds. The average Bonchev–Trinajstić information content (AvgIpc) is 3.35. The summed E-state index contributed by atoms with van der Waals surface area (Å²) in [4.78, 5) is 30.7. The number of esters is 1. The second kappa shape index (κ2) is 8.22. The summed E-state index contributed by atoms with van der Waals surface area (Å²) in [5.41, 5.74) is 1.49. The number of hydrogen-bond donors (Lipinski definition) is 1. The lowest BCUT2D eigenvalue weighted by Crippen LogP contribution is -2.15. The zero-order valence-electron chi connectivity index (χ0n) is 15.8. The van der Waals surface area contributed by atoms with Gasteiger partial charge >= 0.3 is 5.97 Å². The maximum absolute atomic E-state index is 12.6. The lowest BCUT2D eigenvalue weighted by atomic mass is 10.1. The summed E-state index contributed by atoms with van der Waals surface area (Å²) in [7, 11) is 0. The highest BCUT2D eigenvalue weighted by molar-refractivity contribution is 7.18. The number of benzene rings is 1. The van der Waals surface area contributed by atoms with Crippen LogP contribution in [0.2, 0.25) is 0 Å². The third kappa shape index (κ3) is 4.10. The molecule has 1 aliphatic heterocycles. The van der Waals surface area contributed by atoms with Crippen molar-refractivity contribution in [3.63, 3.8) is 0 Å². The smallest absolute Gasteiger partial charge is 0.350 e. The first kappa shape index (κ1) is 19.4. The minimum Gasteiger partial charge on any atom is -0.486 e. The van der Waals surface area contributed by atoms with E-state index >= 15 is 0 Å². The van der Waals surface area contributed by atoms with Gasteiger partial charge in [0.1, 0.15) is 18.1 Å². The summed E-state index contributed by atoms with van der Waals surface area (Å²) in [6, 6.07) is 9.38. The highest BCUT2D eigenvalue weighted by Crippen LogP contribution is 2.37. The van der Waals surface area contributed by atoms with Crippen LogP contribution in [0.15, 0.2) is 30.3 Å². The van der Waals surface area contributed by atoms with Crippen molar-refractivity contribution in [2.75, 3.05) is 25.1 Å². The Hall–Kier alpha value is -2.91. The van der Waals surface area contributed by atoms with Gasteiger partial charge in [0.25, 0.3) is 5.91 Å². The number of carbonyl (C=O) groups is 2. The van der Waals surface area contributed by atoms with Gasteiger partial charge in [0.2, 0.25) is 0 Å². The van der Waals surface area contributed by atoms with Crippen molar-refractivity contribution in [3.05, 3.63) is 45.8 Å². The third-order valence-electron chi connectivity index (χ3n) is 4.13. The fraction of sp³-hybridized carbons (Fsp3) is 0.250. The second-order valence-corrected chi connectivity index (χ2v) is 8.21. The lowest BCUT2D eigenvalue weighted by Gasteiger charge is -2.18. The van der Waals surface area contributed by atoms with Crippen molar-refractivity contribution in [2.45, 2.75) is 13.8 Å². The number of aryl methyl sites for hydroxylation is 1. The summed E-state index contributed by atoms with van der Waals surface area (Å²) in [5, 5.41) is 3.12. The van der Waals surface area contributed by atoms with Crippen LogP contribution in [-0.2, 0) is 4.74 Å². The molecule has 0 bridgehead atoms. The number of carbonyl (C=O) groups excluding carboxylic acids is 2. The van der Waals surface area contributed by atoms with Crippen LogP contribution in [-0.4, -0.2) is 36.7 Å². The molecule has 1 aromatic carbocycles. The average molecular weight is 431 g/mol. The van der Waals surface area contributed by atoms with E-state index in [1.54, 1.807) is 19.9 Å². The van der Waals surface area contributed by atoms with E-state index < -0.39 is 5.97 Å². The standard InChI is InChI=1S/C20H18N2O5S2/c1-3-25-19(24)17-11(2)21-20(29-17)22-18(23)16-7-6-15(28-16)12-4-5-13-14(10-12)27-9-8-26-13/h4-7,10H,3,8-9H2,1-2H3,(H,21,22,23). The van der Waals surface area contributed by atoms with Crippen LogP contribution in [0.5, 0.6) is 11.5 Å². The number of aromatic nitrogens is 1. The van der Waals surface area contributed by atoms with E-state index in [1.165, 1.54) is 11.3 Å². The van der Waals surface area contributed by atoms with Crippen molar-refractivity contribution in [3.8, 4) is 21.9 Å². The molecule has 3 heterocycles. The Morgan fingerprint density at radius 3 is 2.72 bits per heavy atom. The molecule has 150 valence electrons. The molecule has 7 nitrogen and oxygen atoms in total. The van der Waals surface area contributed by atoms with Crippen LogP contribution in [0.4, 0.5) is 5.13 Å². The molecular formula is C20H18N2O5S2. The van der Waals surface area contributed by atoms with Crippen molar-refractivity contribution < 1.29 is 23.8 Å². The van der Waals surface area contributed by atoms with Crippen LogP contribution in [0.3, 0.4) is 0 Å². The molecule has 0 saturated heterocycles. The number of fused-ring (bicyclic) bond motifs is 1. The SMILES string of the molecule is CCOC(=O)c1sc(NC(=O)c2ccc(-c3ccc4c(c3)OCCO4)s2)nc1C. The summed E-state index contributed by atoms with van der Waals surface area (Å²) in [6.07, 6.45) is 0. The largest absolute Gasteiger partial charge is 0.486 e. The predicted molar refractivity (Wildman–Crippen MR) is 112 cm³/mol. The van der Waals surface area contributed by atoms with E-state index in [9.17, 15) is 9.59 Å². The molecular weight excluding hydrogens is 412 g/mol. The first-order valence-corrected chi connectivity index (χ1v) is 10.6. The number of thiophene rings is 1. The van der Waals surface area contributed by atoms with Crippen LogP contribution in [0, 0.1) is 6.92 Å². The molecule has 4 rings (SSSR count). The monoisotopic (exact) mass is 430 g/mol. The van der Waals surface area contributed by atoms with Crippen LogP contribution < -0.4 is 14.8 Å². The molecule has 2 aromatic heterocycles. The van der Waals surface area contributed by atoms with Crippen molar-refractivity contribution in [2.24, 2.45) is 0 Å². The summed E-state index contributed by atoms with van der Waals surface area (Å²) in [6.45, 7) is 4.81. The van der Waals surface area contributed by atoms with E-state index in [4.69, 9.17) is 14.2 Å². The minimum absolute atomic E-state index is 0.275. The van der Waals surface area contributed by atoms with Gasteiger partial charge in [0.15, 0.2) is 16.6 Å². The maximum Gasteiger partial charge on any atom is 0.350 e. The van der Waals surface area contributed by atoms with Crippen LogP contribution in [0.25, 0.3) is 10.4 Å². The summed E-state index contributed by atoms with van der Waals surface area (Å²) >= 11 is 2.47. The fourth-order valence-electron chi connectivity index (χ4n) is 2.81. The van der Waals surface area contributed by atoms with Gasteiger partial charge in [0, 0.05) is 4.88 Å². The molecule has 0 unspecified atom stereocenters. The van der Waals surface area contributed by atoms with Crippen molar-refractivity contribution >= 4 is 39.7 Å². The van der Waals surface area contributed by atoms with Gasteiger partial charge in [-0.15, -0.1) is 11.3 Å². The Morgan fingerprint density at radius 2 is 1.93 bits per heavy atom. The minimum atomic E-state index is -0.431. The van der Waals surface area contributed by atoms with Crippen LogP contribution >= 0.6 is 22.7 Å². The molecule has 1 N–H and O–H groups in total. The number of thiazole rings is 1. The molecule has 0 spiro atoms. The van der Waals surface area contributed by atoms with E-state index in [0.29, 0.717) is 39.5 Å². The van der Waals surface area contributed by atoms with Gasteiger partial charge in [-0.05, 0) is 49.7 Å². The Morgan fingerprint density at radius 1 is 1.14 bits per heavy atom. The zero-order chi connectivity index (χ0) is 20.4. The number of nitrogens with zero attached hydrogens (tertiary/aromatic N) is 1. The molecule has 0 aliphatic carbocycles. The molecule has 29 heavy (non-hydrogen) atoms. The quantitative estimate of drug-likeness (QED) is 0.605. The van der Waals surface area contributed by atoms with E-state index in [2.05, 4.69) is 10.3 Å². The third-order valence-corrected chi connectivity index (χ3v) is 6.32. The molecule has 1 aliphatic rings. The van der Waals surface area contributed by atoms with Gasteiger partial charge in [-0.2, -0.15) is 0 Å². The van der Waals surface area contributed by atoms with Gasteiger partial charge in [-0.25, -0.2) is 9.78 Å². The van der Waals surface area contributed by atoms with Crippen molar-refractivity contribution in [1.82, 2.24) is 4.98 Å². The first-order chi connectivity index (χ1) is 14.0. The number of anilines is 1. The number of amides is 1. The van der Waals surface area contributed by atoms with Crippen LogP contribution in [0.1, 0.15) is 32.0 Å². The molecule has 3 aromatic rings. The predicted octanol–water partition coefficient (Wildman–Crippen LogP) is 4.38. The van der Waals surface area contributed by atoms with E-state index in [-0.39, 0.29) is 12.5 Å². The Labute approximate surface area is 175 Å². The molecule has 0 radical (unpaired) electrons. The number of ether oxygens (including phenoxy) is 3. The van der Waals surface area contributed by atoms with Gasteiger partial charge in [-0.1, -0.05) is 11.3 Å². The van der Waals surface area contributed by atoms with Gasteiger partial charge in [-0.3, -0.25) is 10.1 Å². The van der Waals surface area contributed by atoms with Crippen molar-refractivity contribution in [1.29, 1.82) is 0 Å². The highest BCUT2D eigenvalue weighted by atomic mass is 32.1. The first-order valence-electron chi connectivity index (χ1n) is 9.01. The maximum atomic E-state index is 12.6. The normalized spacial score (nSPS) is 12.5. The molecule has 0 atom stereocenters. The lowest BCUT2D eigenvalue weighted by molar-refractivity contribution is 0.0531. The molecule has 0 fully saturated rings. The van der Waals surface area contributed by atoms with E-state index in [1.807, 2.05) is 24.3 Å². The molecule has 0 saturated carbocycles. The van der Waals surface area contributed by atoms with Gasteiger partial charge < -0.3 is 14.2 Å². The number of hydrogen-bond acceptors (Lipinski definition) is 8. The topological polar surface area (TPSA) is 86.8 Å². The second-order valence-electron chi connectivity index (χ2n) is 6.13. The Kier molecular flexibility index (Phi) is 5.50. The summed E-state index contributed by atoms with van der Waals surface area (Å²) < 4.78 is 16.2. The van der Waals surface area contributed by atoms with E-state index in [0.717, 1.165) is 27.5 Å². The Balaban J connectivity index is 1.49. The van der Waals surface area contributed by atoms with Gasteiger partial charge in [0.05, 0.1) is 17.2 Å². The zero-order valence-corrected chi connectivity index (χ0v) is 17.4. The fourth-order valence-corrected chi connectivity index (χ4v) is 4.56. The highest BCUT2D eigenvalue weighted by Gasteiger charge is 2.19. The Bertz CT molecular complexity index is 1070. The summed E-state index contributed by atoms with van der Waals surface area (Å²) in [5.74, 6) is 0.729.